The quantitative estimate of drug-likeness (QED) is 0.721. The van der Waals surface area contributed by atoms with Crippen molar-refractivity contribution in [1.29, 1.82) is 0 Å². The summed E-state index contributed by atoms with van der Waals surface area (Å²) in [7, 11) is 1.59. The molecular formula is C15H22N2O4. The van der Waals surface area contributed by atoms with E-state index in [1.54, 1.807) is 19.2 Å². The Hall–Kier alpha value is -2.24. The van der Waals surface area contributed by atoms with Gasteiger partial charge in [0.05, 0.1) is 7.11 Å². The molecule has 1 unspecified atom stereocenters. The first-order valence-corrected chi connectivity index (χ1v) is 6.86. The van der Waals surface area contributed by atoms with Crippen molar-refractivity contribution in [2.24, 2.45) is 0 Å². The summed E-state index contributed by atoms with van der Waals surface area (Å²) in [6.45, 7) is 3.73. The van der Waals surface area contributed by atoms with Gasteiger partial charge in [-0.05, 0) is 50.5 Å². The van der Waals surface area contributed by atoms with E-state index in [2.05, 4.69) is 10.6 Å². The van der Waals surface area contributed by atoms with Gasteiger partial charge in [-0.2, -0.15) is 0 Å². The van der Waals surface area contributed by atoms with Crippen LogP contribution < -0.4 is 15.4 Å². The third-order valence-electron chi connectivity index (χ3n) is 3.09. The van der Waals surface area contributed by atoms with Crippen LogP contribution in [0.1, 0.15) is 31.7 Å². The van der Waals surface area contributed by atoms with Crippen molar-refractivity contribution in [3.05, 3.63) is 23.8 Å². The first kappa shape index (κ1) is 16.8. The predicted molar refractivity (Wildman–Crippen MR) is 80.8 cm³/mol. The first-order chi connectivity index (χ1) is 9.92. The van der Waals surface area contributed by atoms with Crippen LogP contribution in [-0.2, 0) is 4.79 Å². The zero-order valence-corrected chi connectivity index (χ0v) is 12.6. The lowest BCUT2D eigenvalue weighted by Gasteiger charge is -2.15. The highest BCUT2D eigenvalue weighted by molar-refractivity contribution is 5.90. The Labute approximate surface area is 124 Å². The molecule has 3 N–H and O–H groups in total. The molecule has 1 aromatic carbocycles. The molecule has 0 aliphatic heterocycles. The van der Waals surface area contributed by atoms with E-state index in [1.165, 1.54) is 0 Å². The third-order valence-corrected chi connectivity index (χ3v) is 3.09. The SMILES string of the molecule is COc1ccc(NC(=O)NC(C)CCCC(=O)O)c(C)c1. The van der Waals surface area contributed by atoms with Crippen LogP contribution in [0.3, 0.4) is 0 Å². The average Bonchev–Trinajstić information content (AvgIpc) is 2.40. The highest BCUT2D eigenvalue weighted by Gasteiger charge is 2.09. The van der Waals surface area contributed by atoms with Gasteiger partial charge >= 0.3 is 12.0 Å². The summed E-state index contributed by atoms with van der Waals surface area (Å²) < 4.78 is 5.11. The number of methoxy groups -OCH3 is 1. The van der Waals surface area contributed by atoms with E-state index in [4.69, 9.17) is 9.84 Å². The number of nitrogens with one attached hydrogen (secondary N) is 2. The molecule has 0 heterocycles. The second-order valence-electron chi connectivity index (χ2n) is 4.97. The number of anilines is 1. The lowest BCUT2D eigenvalue weighted by Crippen LogP contribution is -2.36. The van der Waals surface area contributed by atoms with E-state index in [-0.39, 0.29) is 18.5 Å². The Kier molecular flexibility index (Phi) is 6.52. The van der Waals surface area contributed by atoms with Crippen molar-refractivity contribution in [1.82, 2.24) is 5.32 Å². The number of hydrogen-bond acceptors (Lipinski definition) is 3. The molecule has 0 saturated carbocycles. The number of hydrogen-bond donors (Lipinski definition) is 3. The molecule has 1 rings (SSSR count). The smallest absolute Gasteiger partial charge is 0.319 e. The number of carboxylic acid groups (broad SMARTS) is 1. The fourth-order valence-corrected chi connectivity index (χ4v) is 1.92. The standard InChI is InChI=1S/C15H22N2O4/c1-10-9-12(21-3)7-8-13(10)17-15(20)16-11(2)5-4-6-14(18)19/h7-9,11H,4-6H2,1-3H3,(H,18,19)(H2,16,17,20). The summed E-state index contributed by atoms with van der Waals surface area (Å²) in [5, 5.41) is 14.1. The number of urea groups is 1. The Bertz CT molecular complexity index is 502. The minimum atomic E-state index is -0.819. The van der Waals surface area contributed by atoms with Gasteiger partial charge < -0.3 is 20.5 Å². The van der Waals surface area contributed by atoms with Gasteiger partial charge in [-0.15, -0.1) is 0 Å². The average molecular weight is 294 g/mol. The van der Waals surface area contributed by atoms with Crippen LogP contribution in [0.25, 0.3) is 0 Å². The number of ether oxygens (including phenoxy) is 1. The number of rotatable bonds is 7. The van der Waals surface area contributed by atoms with E-state index in [9.17, 15) is 9.59 Å². The van der Waals surface area contributed by atoms with E-state index < -0.39 is 5.97 Å². The van der Waals surface area contributed by atoms with Crippen molar-refractivity contribution < 1.29 is 19.4 Å². The van der Waals surface area contributed by atoms with Crippen LogP contribution in [0.4, 0.5) is 10.5 Å². The van der Waals surface area contributed by atoms with Gasteiger partial charge in [0, 0.05) is 18.2 Å². The van der Waals surface area contributed by atoms with Crippen LogP contribution in [0.15, 0.2) is 18.2 Å². The van der Waals surface area contributed by atoms with E-state index in [1.807, 2.05) is 19.9 Å². The molecule has 116 valence electrons. The van der Waals surface area contributed by atoms with Crippen LogP contribution in [-0.4, -0.2) is 30.3 Å². The monoisotopic (exact) mass is 294 g/mol. The van der Waals surface area contributed by atoms with Gasteiger partial charge in [0.2, 0.25) is 0 Å². The first-order valence-electron chi connectivity index (χ1n) is 6.86. The molecule has 0 fully saturated rings. The topological polar surface area (TPSA) is 87.7 Å². The maximum Gasteiger partial charge on any atom is 0.319 e. The molecule has 0 radical (unpaired) electrons. The molecule has 0 saturated heterocycles. The summed E-state index contributed by atoms with van der Waals surface area (Å²) in [6, 6.07) is 5.02. The summed E-state index contributed by atoms with van der Waals surface area (Å²) in [4.78, 5) is 22.3. The minimum absolute atomic E-state index is 0.0806. The number of aryl methyl sites for hydroxylation is 1. The highest BCUT2D eigenvalue weighted by atomic mass is 16.5. The Balaban J connectivity index is 2.44. The van der Waals surface area contributed by atoms with E-state index in [0.717, 1.165) is 11.3 Å². The Morgan fingerprint density at radius 3 is 2.67 bits per heavy atom. The molecule has 6 nitrogen and oxygen atoms in total. The normalized spacial score (nSPS) is 11.6. The lowest BCUT2D eigenvalue weighted by atomic mass is 10.1. The number of carbonyl (C=O) groups excluding carboxylic acids is 1. The van der Waals surface area contributed by atoms with Gasteiger partial charge in [-0.3, -0.25) is 4.79 Å². The van der Waals surface area contributed by atoms with Crippen LogP contribution in [0.2, 0.25) is 0 Å². The van der Waals surface area contributed by atoms with Gasteiger partial charge in [-0.25, -0.2) is 4.79 Å². The summed E-state index contributed by atoms with van der Waals surface area (Å²) in [5.74, 6) is -0.0824. The van der Waals surface area contributed by atoms with Crippen molar-refractivity contribution >= 4 is 17.7 Å². The van der Waals surface area contributed by atoms with E-state index in [0.29, 0.717) is 18.5 Å². The molecule has 1 aromatic rings. The molecule has 0 bridgehead atoms. The van der Waals surface area contributed by atoms with Gasteiger partial charge in [0.15, 0.2) is 0 Å². The molecule has 0 spiro atoms. The van der Waals surface area contributed by atoms with E-state index >= 15 is 0 Å². The van der Waals surface area contributed by atoms with Crippen molar-refractivity contribution in [2.75, 3.05) is 12.4 Å². The fourth-order valence-electron chi connectivity index (χ4n) is 1.92. The number of aliphatic carboxylic acids is 1. The van der Waals surface area contributed by atoms with Crippen LogP contribution >= 0.6 is 0 Å². The molecule has 1 atom stereocenters. The summed E-state index contributed by atoms with van der Waals surface area (Å²) in [5.41, 5.74) is 1.62. The van der Waals surface area contributed by atoms with Crippen LogP contribution in [0.5, 0.6) is 5.75 Å². The Morgan fingerprint density at radius 2 is 2.10 bits per heavy atom. The molecule has 0 aliphatic rings. The fraction of sp³-hybridized carbons (Fsp3) is 0.467. The minimum Gasteiger partial charge on any atom is -0.497 e. The third kappa shape index (κ3) is 6.16. The van der Waals surface area contributed by atoms with Gasteiger partial charge in [0.1, 0.15) is 5.75 Å². The predicted octanol–water partition coefficient (Wildman–Crippen LogP) is 2.77. The van der Waals surface area contributed by atoms with Crippen molar-refractivity contribution in [3.63, 3.8) is 0 Å². The van der Waals surface area contributed by atoms with Crippen LogP contribution in [0, 0.1) is 6.92 Å². The number of carbonyl (C=O) groups is 2. The summed E-state index contributed by atoms with van der Waals surface area (Å²) >= 11 is 0. The molecule has 6 heteroatoms. The maximum atomic E-state index is 11.9. The number of benzene rings is 1. The second kappa shape index (κ2) is 8.14. The van der Waals surface area contributed by atoms with Crippen molar-refractivity contribution in [2.45, 2.75) is 39.2 Å². The molecule has 21 heavy (non-hydrogen) atoms. The Morgan fingerprint density at radius 1 is 1.38 bits per heavy atom. The number of carboxylic acids is 1. The lowest BCUT2D eigenvalue weighted by molar-refractivity contribution is -0.137. The highest BCUT2D eigenvalue weighted by Crippen LogP contribution is 2.20. The summed E-state index contributed by atoms with van der Waals surface area (Å²) in [6.07, 6.45) is 1.28. The van der Waals surface area contributed by atoms with Gasteiger partial charge in [-0.1, -0.05) is 0 Å². The number of amides is 2. The molecule has 0 aromatic heterocycles. The zero-order chi connectivity index (χ0) is 15.8. The molecule has 0 aliphatic carbocycles. The molecule has 2 amide bonds. The van der Waals surface area contributed by atoms with Gasteiger partial charge in [0.25, 0.3) is 0 Å². The zero-order valence-electron chi connectivity index (χ0n) is 12.6. The largest absolute Gasteiger partial charge is 0.497 e. The van der Waals surface area contributed by atoms with Crippen molar-refractivity contribution in [3.8, 4) is 5.75 Å². The second-order valence-corrected chi connectivity index (χ2v) is 4.97. The maximum absolute atomic E-state index is 11.9. The molecular weight excluding hydrogens is 272 g/mol.